The molecular formula is CH3InNO4. The Labute approximate surface area is 52.3 Å². The van der Waals surface area contributed by atoms with Gasteiger partial charge in [-0.1, -0.05) is 0 Å². The standard InChI is InChI=1S/CH3O.In.NO3/c1-2;;2-1(3)4/h1H3;;/q-1;+2;-1. The average Bonchev–Trinajstić information content (AvgIpc) is 1.61. The molecule has 0 aliphatic heterocycles. The van der Waals surface area contributed by atoms with Crippen LogP contribution < -0.4 is 0 Å². The van der Waals surface area contributed by atoms with Gasteiger partial charge in [-0.3, -0.25) is 0 Å². The fourth-order valence-electron chi connectivity index (χ4n) is 0.0782. The zero-order valence-corrected chi connectivity index (χ0v) is 6.95. The van der Waals surface area contributed by atoms with Gasteiger partial charge in [0.15, 0.2) is 0 Å². The molecule has 0 bridgehead atoms. The van der Waals surface area contributed by atoms with Crippen molar-refractivity contribution in [3.8, 4) is 0 Å². The summed E-state index contributed by atoms with van der Waals surface area (Å²) >= 11 is -1.70. The summed E-state index contributed by atoms with van der Waals surface area (Å²) in [5.41, 5.74) is 0. The molecule has 6 heteroatoms. The van der Waals surface area contributed by atoms with Crippen LogP contribution in [-0.2, 0) is 5.81 Å². The van der Waals surface area contributed by atoms with Gasteiger partial charge in [-0.05, 0) is 0 Å². The Morgan fingerprint density at radius 3 is 2.57 bits per heavy atom. The van der Waals surface area contributed by atoms with Crippen LogP contribution in [0.15, 0.2) is 0 Å². The van der Waals surface area contributed by atoms with Gasteiger partial charge in [-0.2, -0.15) is 0 Å². The summed E-state index contributed by atoms with van der Waals surface area (Å²) in [5, 5.41) is 8.48. The molecule has 0 saturated heterocycles. The van der Waals surface area contributed by atoms with Crippen molar-refractivity contribution in [3.63, 3.8) is 0 Å². The van der Waals surface area contributed by atoms with Crippen molar-refractivity contribution in [2.45, 2.75) is 0 Å². The van der Waals surface area contributed by atoms with E-state index in [4.69, 9.17) is 0 Å². The van der Waals surface area contributed by atoms with Crippen molar-refractivity contribution in [1.29, 1.82) is 0 Å². The SMILES string of the molecule is C[O][In][O][N+](=O)[O-]. The monoisotopic (exact) mass is 208 g/mol. The van der Waals surface area contributed by atoms with Crippen molar-refractivity contribution in [1.82, 2.24) is 0 Å². The van der Waals surface area contributed by atoms with E-state index >= 15 is 0 Å². The minimum atomic E-state index is -1.70. The van der Waals surface area contributed by atoms with Crippen LogP contribution in [0.4, 0.5) is 0 Å². The van der Waals surface area contributed by atoms with Crippen molar-refractivity contribution in [2.24, 2.45) is 0 Å². The molecule has 0 amide bonds. The number of nitrogens with zero attached hydrogens (tertiary/aromatic N) is 1. The normalized spacial score (nSPS) is 7.57. The molecule has 0 rings (SSSR count). The van der Waals surface area contributed by atoms with E-state index in [1.165, 1.54) is 7.11 Å². The second-order valence-corrected chi connectivity index (χ2v) is 3.16. The van der Waals surface area contributed by atoms with Crippen LogP contribution in [0.3, 0.4) is 0 Å². The van der Waals surface area contributed by atoms with E-state index in [9.17, 15) is 10.1 Å². The Hall–Kier alpha value is 0.0301. The molecule has 0 heterocycles. The van der Waals surface area contributed by atoms with Crippen LogP contribution in [-0.4, -0.2) is 36.0 Å². The first-order valence-electron chi connectivity index (χ1n) is 1.43. The molecule has 0 aliphatic carbocycles. The molecule has 1 radical (unpaired) electrons. The first kappa shape index (κ1) is 7.03. The topological polar surface area (TPSA) is 61.6 Å². The number of rotatable bonds is 3. The molecule has 5 nitrogen and oxygen atoms in total. The van der Waals surface area contributed by atoms with Gasteiger partial charge in [0.2, 0.25) is 0 Å². The van der Waals surface area contributed by atoms with Crippen molar-refractivity contribution in [3.05, 3.63) is 10.1 Å². The van der Waals surface area contributed by atoms with Crippen molar-refractivity contribution >= 4 is 23.8 Å². The van der Waals surface area contributed by atoms with Gasteiger partial charge >= 0.3 is 51.9 Å². The summed E-state index contributed by atoms with van der Waals surface area (Å²) in [7, 11) is 1.39. The fourth-order valence-corrected chi connectivity index (χ4v) is 0.524. The van der Waals surface area contributed by atoms with E-state index < -0.39 is 28.9 Å². The molecule has 0 N–H and O–H groups in total. The van der Waals surface area contributed by atoms with E-state index in [0.29, 0.717) is 0 Å². The van der Waals surface area contributed by atoms with Crippen LogP contribution in [0.1, 0.15) is 0 Å². The summed E-state index contributed by atoms with van der Waals surface area (Å²) in [6, 6.07) is 0. The van der Waals surface area contributed by atoms with Gasteiger partial charge < -0.3 is 0 Å². The zero-order valence-electron chi connectivity index (χ0n) is 3.66. The Bertz CT molecular complexity index is 64.7. The van der Waals surface area contributed by atoms with E-state index in [2.05, 4.69) is 5.81 Å². The molecule has 0 aliphatic rings. The summed E-state index contributed by atoms with van der Waals surface area (Å²) in [4.78, 5) is 9.31. The summed E-state index contributed by atoms with van der Waals surface area (Å²) in [6.45, 7) is 0. The maximum absolute atomic E-state index is 9.31. The maximum atomic E-state index is 9.31. The Balaban J connectivity index is 2.82. The van der Waals surface area contributed by atoms with E-state index in [1.54, 1.807) is 0 Å². The number of hydrogen-bond donors (Lipinski definition) is 0. The quantitative estimate of drug-likeness (QED) is 0.457. The Morgan fingerprint density at radius 2 is 2.43 bits per heavy atom. The first-order chi connectivity index (χ1) is 3.27. The summed E-state index contributed by atoms with van der Waals surface area (Å²) in [6.07, 6.45) is 0. The second-order valence-electron chi connectivity index (χ2n) is 0.661. The van der Waals surface area contributed by atoms with Crippen LogP contribution in [0.2, 0.25) is 0 Å². The minimum absolute atomic E-state index is 0.829. The van der Waals surface area contributed by atoms with E-state index in [1.807, 2.05) is 0 Å². The second kappa shape index (κ2) is 4.20. The van der Waals surface area contributed by atoms with Crippen LogP contribution in [0, 0.1) is 10.1 Å². The molecule has 0 fully saturated rings. The van der Waals surface area contributed by atoms with Crippen LogP contribution in [0.5, 0.6) is 0 Å². The molecule has 0 saturated carbocycles. The third kappa shape index (κ3) is 6.03. The molecule has 0 atom stereocenters. The zero-order chi connectivity index (χ0) is 5.70. The molecule has 0 aromatic heterocycles. The summed E-state index contributed by atoms with van der Waals surface area (Å²) in [5.74, 6) is 0. The van der Waals surface area contributed by atoms with Gasteiger partial charge in [0, 0.05) is 0 Å². The third-order valence-electron chi connectivity index (χ3n) is 0.225. The molecular weight excluding hydrogens is 205 g/mol. The summed E-state index contributed by atoms with van der Waals surface area (Å²) < 4.78 is 8.26. The van der Waals surface area contributed by atoms with Gasteiger partial charge in [-0.15, -0.1) is 0 Å². The molecule has 0 unspecified atom stereocenters. The number of hydrogen-bond acceptors (Lipinski definition) is 4. The predicted octanol–water partition coefficient (Wildman–Crippen LogP) is -0.625. The molecule has 39 valence electrons. The molecule has 0 spiro atoms. The predicted molar refractivity (Wildman–Crippen MR) is 20.8 cm³/mol. The molecule has 7 heavy (non-hydrogen) atoms. The fraction of sp³-hybridized carbons (Fsp3) is 1.00. The molecule has 0 aromatic carbocycles. The molecule has 0 aromatic rings. The van der Waals surface area contributed by atoms with Crippen LogP contribution >= 0.6 is 0 Å². The van der Waals surface area contributed by atoms with Crippen LogP contribution in [0.25, 0.3) is 0 Å². The van der Waals surface area contributed by atoms with Gasteiger partial charge in [0.05, 0.1) is 0 Å². The van der Waals surface area contributed by atoms with Gasteiger partial charge in [-0.25, -0.2) is 0 Å². The van der Waals surface area contributed by atoms with Crippen molar-refractivity contribution < 1.29 is 10.9 Å². The van der Waals surface area contributed by atoms with E-state index in [0.717, 1.165) is 0 Å². The Morgan fingerprint density at radius 1 is 1.86 bits per heavy atom. The van der Waals surface area contributed by atoms with Gasteiger partial charge in [0.1, 0.15) is 0 Å². The van der Waals surface area contributed by atoms with Crippen molar-refractivity contribution in [2.75, 3.05) is 7.11 Å². The van der Waals surface area contributed by atoms with Gasteiger partial charge in [0.25, 0.3) is 0 Å². The average molecular weight is 208 g/mol. The first-order valence-corrected chi connectivity index (χ1v) is 4.12. The Kier molecular flexibility index (Phi) is 4.21. The van der Waals surface area contributed by atoms with E-state index in [-0.39, 0.29) is 0 Å². The third-order valence-corrected chi connectivity index (χ3v) is 1.51.